The van der Waals surface area contributed by atoms with Crippen LogP contribution in [0.15, 0.2) is 29.1 Å². The second-order valence-corrected chi connectivity index (χ2v) is 6.15. The zero-order chi connectivity index (χ0) is 17.6. The van der Waals surface area contributed by atoms with Crippen LogP contribution in [-0.4, -0.2) is 44.2 Å². The summed E-state index contributed by atoms with van der Waals surface area (Å²) >= 11 is 3.48. The van der Waals surface area contributed by atoms with Crippen LogP contribution >= 0.6 is 15.9 Å². The number of methoxy groups -OCH3 is 1. The van der Waals surface area contributed by atoms with Gasteiger partial charge in [0.2, 0.25) is 0 Å². The molecule has 9 heteroatoms. The Bertz CT molecular complexity index is 978. The highest BCUT2D eigenvalue weighted by atomic mass is 79.9. The average Bonchev–Trinajstić information content (AvgIpc) is 3.16. The Kier molecular flexibility index (Phi) is 3.79. The molecule has 0 saturated heterocycles. The Morgan fingerprint density at radius 3 is 2.92 bits per heavy atom. The fourth-order valence-electron chi connectivity index (χ4n) is 2.89. The molecule has 3 heterocycles. The average molecular weight is 404 g/mol. The van der Waals surface area contributed by atoms with Gasteiger partial charge in [-0.15, -0.1) is 5.10 Å². The van der Waals surface area contributed by atoms with Gasteiger partial charge in [0.25, 0.3) is 0 Å². The number of carbonyl (C=O) groups excluding carboxylic acids is 1. The molecule has 0 atom stereocenters. The third-order valence-corrected chi connectivity index (χ3v) is 4.72. The van der Waals surface area contributed by atoms with Gasteiger partial charge < -0.3 is 9.47 Å². The van der Waals surface area contributed by atoms with Crippen LogP contribution in [0.4, 0.5) is 0 Å². The smallest absolute Gasteiger partial charge is 0.360 e. The molecule has 0 N–H and O–H groups in total. The molecule has 2 aromatic heterocycles. The standard InChI is InChI=1S/C16H14BrN5O3/c1-3-25-16(23)14-12-7-13-15(17)18-8-21(13)10-5-4-9(24-2)6-11(10)22(12)20-19-14/h4-6,8H,3,7H2,1-2H3. The minimum Gasteiger partial charge on any atom is -0.497 e. The number of halogens is 1. The fourth-order valence-corrected chi connectivity index (χ4v) is 3.31. The first-order valence-electron chi connectivity index (χ1n) is 7.66. The molecule has 1 aliphatic heterocycles. The molecule has 25 heavy (non-hydrogen) atoms. The number of imidazole rings is 1. The van der Waals surface area contributed by atoms with Crippen LogP contribution < -0.4 is 4.74 Å². The fraction of sp³-hybridized carbons (Fsp3) is 0.250. The monoisotopic (exact) mass is 403 g/mol. The molecule has 0 spiro atoms. The number of ether oxygens (including phenoxy) is 2. The van der Waals surface area contributed by atoms with E-state index in [9.17, 15) is 4.79 Å². The van der Waals surface area contributed by atoms with Crippen molar-refractivity contribution in [1.29, 1.82) is 0 Å². The number of aromatic nitrogens is 5. The van der Waals surface area contributed by atoms with Gasteiger partial charge in [-0.05, 0) is 35.0 Å². The van der Waals surface area contributed by atoms with Crippen molar-refractivity contribution < 1.29 is 14.3 Å². The van der Waals surface area contributed by atoms with Crippen molar-refractivity contribution >= 4 is 21.9 Å². The van der Waals surface area contributed by atoms with Crippen LogP contribution in [-0.2, 0) is 11.2 Å². The number of hydrogen-bond donors (Lipinski definition) is 0. The minimum atomic E-state index is -0.489. The van der Waals surface area contributed by atoms with Crippen LogP contribution in [0.2, 0.25) is 0 Å². The van der Waals surface area contributed by atoms with E-state index in [2.05, 4.69) is 31.2 Å². The van der Waals surface area contributed by atoms with Gasteiger partial charge in [-0.25, -0.2) is 14.5 Å². The molecule has 0 amide bonds. The van der Waals surface area contributed by atoms with Crippen LogP contribution in [0.1, 0.15) is 28.8 Å². The maximum atomic E-state index is 12.3. The van der Waals surface area contributed by atoms with Crippen LogP contribution in [0.5, 0.6) is 5.75 Å². The quantitative estimate of drug-likeness (QED) is 0.488. The molecule has 0 fully saturated rings. The molecular weight excluding hydrogens is 390 g/mol. The maximum absolute atomic E-state index is 12.3. The van der Waals surface area contributed by atoms with Crippen LogP contribution in [0.3, 0.4) is 0 Å². The number of hydrogen-bond acceptors (Lipinski definition) is 6. The Morgan fingerprint density at radius 2 is 2.16 bits per heavy atom. The van der Waals surface area contributed by atoms with Gasteiger partial charge >= 0.3 is 5.97 Å². The first-order valence-corrected chi connectivity index (χ1v) is 8.45. The van der Waals surface area contributed by atoms with Gasteiger partial charge in [-0.3, -0.25) is 4.57 Å². The molecule has 8 nitrogen and oxygen atoms in total. The van der Waals surface area contributed by atoms with E-state index < -0.39 is 5.97 Å². The van der Waals surface area contributed by atoms with Crippen molar-refractivity contribution in [1.82, 2.24) is 24.5 Å². The predicted octanol–water partition coefficient (Wildman–Crippen LogP) is 2.31. The Labute approximate surface area is 151 Å². The lowest BCUT2D eigenvalue weighted by atomic mass is 10.2. The second-order valence-electron chi connectivity index (χ2n) is 5.40. The molecule has 0 aliphatic carbocycles. The molecule has 1 aromatic carbocycles. The number of benzene rings is 1. The van der Waals surface area contributed by atoms with Gasteiger partial charge in [-0.2, -0.15) is 0 Å². The normalized spacial score (nSPS) is 12.0. The topological polar surface area (TPSA) is 84.1 Å². The van der Waals surface area contributed by atoms with Crippen LogP contribution in [0.25, 0.3) is 11.4 Å². The summed E-state index contributed by atoms with van der Waals surface area (Å²) in [6.45, 7) is 2.03. The van der Waals surface area contributed by atoms with Crippen molar-refractivity contribution in [3.63, 3.8) is 0 Å². The highest BCUT2D eigenvalue weighted by Crippen LogP contribution is 2.33. The second kappa shape index (κ2) is 5.99. The lowest BCUT2D eigenvalue weighted by Crippen LogP contribution is -2.10. The van der Waals surface area contributed by atoms with Gasteiger partial charge in [0.15, 0.2) is 5.69 Å². The summed E-state index contributed by atoms with van der Waals surface area (Å²) in [4.78, 5) is 16.6. The summed E-state index contributed by atoms with van der Waals surface area (Å²) in [5, 5.41) is 8.24. The highest BCUT2D eigenvalue weighted by Gasteiger charge is 2.29. The van der Waals surface area contributed by atoms with Crippen molar-refractivity contribution in [2.75, 3.05) is 13.7 Å². The van der Waals surface area contributed by atoms with E-state index in [1.165, 1.54) is 0 Å². The molecule has 0 unspecified atom stereocenters. The van der Waals surface area contributed by atoms with Gasteiger partial charge in [0.05, 0.1) is 36.5 Å². The van der Waals surface area contributed by atoms with E-state index >= 15 is 0 Å². The van der Waals surface area contributed by atoms with E-state index in [-0.39, 0.29) is 12.3 Å². The number of rotatable bonds is 3. The Balaban J connectivity index is 1.99. The summed E-state index contributed by atoms with van der Waals surface area (Å²) in [6.07, 6.45) is 2.16. The lowest BCUT2D eigenvalue weighted by molar-refractivity contribution is 0.0518. The van der Waals surface area contributed by atoms with E-state index in [1.54, 1.807) is 25.0 Å². The molecule has 0 saturated carbocycles. The molecule has 128 valence electrons. The number of carbonyl (C=O) groups is 1. The SMILES string of the molecule is CCOC(=O)c1nnn2c1Cc1c(Br)ncn1-c1ccc(OC)cc1-2. The van der Waals surface area contributed by atoms with Gasteiger partial charge in [-0.1, -0.05) is 5.21 Å². The minimum absolute atomic E-state index is 0.206. The lowest BCUT2D eigenvalue weighted by Gasteiger charge is -2.11. The third-order valence-electron chi connectivity index (χ3n) is 4.05. The zero-order valence-corrected chi connectivity index (χ0v) is 15.1. The predicted molar refractivity (Wildman–Crippen MR) is 91.5 cm³/mol. The number of esters is 1. The summed E-state index contributed by atoms with van der Waals surface area (Å²) in [7, 11) is 1.60. The Morgan fingerprint density at radius 1 is 1.32 bits per heavy atom. The zero-order valence-electron chi connectivity index (χ0n) is 13.6. The maximum Gasteiger partial charge on any atom is 0.360 e. The van der Waals surface area contributed by atoms with Crippen LogP contribution in [0, 0.1) is 0 Å². The van der Waals surface area contributed by atoms with Crippen molar-refractivity contribution in [3.05, 3.63) is 46.2 Å². The summed E-state index contributed by atoms with van der Waals surface area (Å²) in [5.74, 6) is 0.192. The summed E-state index contributed by atoms with van der Waals surface area (Å²) in [6, 6.07) is 5.64. The first-order chi connectivity index (χ1) is 12.1. The van der Waals surface area contributed by atoms with E-state index in [1.807, 2.05) is 22.8 Å². The van der Waals surface area contributed by atoms with Gasteiger partial charge in [0, 0.05) is 12.5 Å². The van der Waals surface area contributed by atoms with E-state index in [0.29, 0.717) is 22.5 Å². The molecule has 4 rings (SSSR count). The molecule has 0 bridgehead atoms. The molecule has 0 radical (unpaired) electrons. The molecular formula is C16H14BrN5O3. The first kappa shape index (κ1) is 15.8. The summed E-state index contributed by atoms with van der Waals surface area (Å²) in [5.41, 5.74) is 3.37. The van der Waals surface area contributed by atoms with E-state index in [0.717, 1.165) is 17.1 Å². The molecule has 3 aromatic rings. The largest absolute Gasteiger partial charge is 0.497 e. The van der Waals surface area contributed by atoms with Crippen molar-refractivity contribution in [2.45, 2.75) is 13.3 Å². The highest BCUT2D eigenvalue weighted by molar-refractivity contribution is 9.10. The number of fused-ring (bicyclic) bond motifs is 5. The van der Waals surface area contributed by atoms with Gasteiger partial charge in [0.1, 0.15) is 16.7 Å². The van der Waals surface area contributed by atoms with Crippen molar-refractivity contribution in [2.24, 2.45) is 0 Å². The van der Waals surface area contributed by atoms with Crippen molar-refractivity contribution in [3.8, 4) is 17.1 Å². The summed E-state index contributed by atoms with van der Waals surface area (Å²) < 4.78 is 14.8. The number of nitrogens with zero attached hydrogens (tertiary/aromatic N) is 5. The Hall–Kier alpha value is -2.68. The third kappa shape index (κ3) is 2.42. The van der Waals surface area contributed by atoms with E-state index in [4.69, 9.17) is 9.47 Å². The molecule has 1 aliphatic rings.